The Balaban J connectivity index is 1.76. The lowest BCUT2D eigenvalue weighted by Gasteiger charge is -2.32. The number of nitrogens with two attached hydrogens (primary N) is 1. The van der Waals surface area contributed by atoms with Crippen molar-refractivity contribution in [2.45, 2.75) is 17.2 Å². The first kappa shape index (κ1) is 20.0. The lowest BCUT2D eigenvalue weighted by atomic mass is 9.81. The molecule has 146 valence electrons. The highest BCUT2D eigenvalue weighted by Crippen LogP contribution is 2.32. The predicted molar refractivity (Wildman–Crippen MR) is 98.4 cm³/mol. The standard InChI is InChI=1S/C18H19ClF2N2O3S/c19-13-3-1-11(2-4-13)14-5-6-23-9-12(14)10-26-17-7-16(21)18(8-15(17)20)27(22,24)25/h1-4,7-8,12,14,23H,5-6,9-10H2,(H2,22,24,25)/t12-,14-/m0/s1. The minimum Gasteiger partial charge on any atom is -0.490 e. The SMILES string of the molecule is NS(=O)(=O)c1cc(F)c(OC[C@@H]2CNCC[C@H]2c2ccc(Cl)cc2)cc1F. The number of sulfonamides is 1. The van der Waals surface area contributed by atoms with Crippen molar-refractivity contribution in [3.05, 3.63) is 58.6 Å². The van der Waals surface area contributed by atoms with Crippen molar-refractivity contribution in [3.63, 3.8) is 0 Å². The Bertz CT molecular complexity index is 923. The van der Waals surface area contributed by atoms with Gasteiger partial charge in [0.05, 0.1) is 6.61 Å². The third-order valence-corrected chi connectivity index (χ3v) is 5.83. The summed E-state index contributed by atoms with van der Waals surface area (Å²) in [5.41, 5.74) is 1.10. The molecule has 5 nitrogen and oxygen atoms in total. The Hall–Kier alpha value is -1.74. The van der Waals surface area contributed by atoms with Gasteiger partial charge in [-0.05, 0) is 36.6 Å². The molecule has 0 radical (unpaired) electrons. The highest BCUT2D eigenvalue weighted by Gasteiger charge is 2.28. The largest absolute Gasteiger partial charge is 0.490 e. The van der Waals surface area contributed by atoms with Crippen molar-refractivity contribution in [3.8, 4) is 5.75 Å². The number of ether oxygens (including phenoxy) is 1. The van der Waals surface area contributed by atoms with Crippen LogP contribution in [-0.4, -0.2) is 28.1 Å². The molecule has 0 amide bonds. The molecule has 1 saturated heterocycles. The third-order valence-electron chi connectivity index (χ3n) is 4.65. The highest BCUT2D eigenvalue weighted by atomic mass is 35.5. The molecule has 0 bridgehead atoms. The molecule has 1 fully saturated rings. The first-order valence-electron chi connectivity index (χ1n) is 8.36. The van der Waals surface area contributed by atoms with E-state index in [0.717, 1.165) is 18.5 Å². The lowest BCUT2D eigenvalue weighted by Crippen LogP contribution is -2.38. The van der Waals surface area contributed by atoms with E-state index < -0.39 is 26.6 Å². The third kappa shape index (κ3) is 4.76. The number of nitrogens with one attached hydrogen (secondary N) is 1. The summed E-state index contributed by atoms with van der Waals surface area (Å²) in [4.78, 5) is -0.897. The molecule has 0 spiro atoms. The fourth-order valence-corrected chi connectivity index (χ4v) is 4.01. The molecular weight excluding hydrogens is 398 g/mol. The van der Waals surface area contributed by atoms with Gasteiger partial charge in [0, 0.05) is 29.6 Å². The zero-order chi connectivity index (χ0) is 19.6. The van der Waals surface area contributed by atoms with Gasteiger partial charge in [-0.25, -0.2) is 22.3 Å². The second kappa shape index (κ2) is 8.10. The molecule has 3 rings (SSSR count). The molecule has 3 N–H and O–H groups in total. The average molecular weight is 417 g/mol. The smallest absolute Gasteiger partial charge is 0.241 e. The molecule has 0 aliphatic carbocycles. The minimum absolute atomic E-state index is 0.0281. The average Bonchev–Trinajstić information content (AvgIpc) is 2.62. The van der Waals surface area contributed by atoms with Crippen molar-refractivity contribution < 1.29 is 21.9 Å². The van der Waals surface area contributed by atoms with Crippen LogP contribution in [0.2, 0.25) is 5.02 Å². The molecule has 27 heavy (non-hydrogen) atoms. The molecule has 1 aliphatic rings. The summed E-state index contributed by atoms with van der Waals surface area (Å²) < 4.78 is 56.1. The van der Waals surface area contributed by atoms with Crippen LogP contribution in [0.1, 0.15) is 17.9 Å². The lowest BCUT2D eigenvalue weighted by molar-refractivity contribution is 0.190. The van der Waals surface area contributed by atoms with E-state index in [1.54, 1.807) is 0 Å². The van der Waals surface area contributed by atoms with Gasteiger partial charge in [0.2, 0.25) is 10.0 Å². The van der Waals surface area contributed by atoms with E-state index in [1.165, 1.54) is 0 Å². The van der Waals surface area contributed by atoms with Crippen LogP contribution >= 0.6 is 11.6 Å². The number of piperidine rings is 1. The van der Waals surface area contributed by atoms with Gasteiger partial charge in [0.15, 0.2) is 11.6 Å². The summed E-state index contributed by atoms with van der Waals surface area (Å²) in [6.45, 7) is 1.65. The Morgan fingerprint density at radius 2 is 1.89 bits per heavy atom. The minimum atomic E-state index is -4.35. The van der Waals surface area contributed by atoms with E-state index in [9.17, 15) is 17.2 Å². The molecule has 0 saturated carbocycles. The predicted octanol–water partition coefficient (Wildman–Crippen LogP) is 3.04. The fraction of sp³-hybridized carbons (Fsp3) is 0.333. The van der Waals surface area contributed by atoms with Crippen molar-refractivity contribution >= 4 is 21.6 Å². The molecule has 2 aromatic rings. The van der Waals surface area contributed by atoms with Crippen LogP contribution < -0.4 is 15.2 Å². The normalized spacial score (nSPS) is 20.4. The van der Waals surface area contributed by atoms with Gasteiger partial charge < -0.3 is 10.1 Å². The van der Waals surface area contributed by atoms with Crippen LogP contribution in [0.25, 0.3) is 0 Å². The number of hydrogen-bond acceptors (Lipinski definition) is 4. The number of benzene rings is 2. The Kier molecular flexibility index (Phi) is 6.00. The summed E-state index contributed by atoms with van der Waals surface area (Å²) in [5.74, 6) is -2.27. The zero-order valence-corrected chi connectivity index (χ0v) is 15.9. The van der Waals surface area contributed by atoms with Gasteiger partial charge >= 0.3 is 0 Å². The van der Waals surface area contributed by atoms with Gasteiger partial charge in [-0.3, -0.25) is 0 Å². The fourth-order valence-electron chi connectivity index (χ4n) is 3.28. The maximum absolute atomic E-state index is 14.1. The summed E-state index contributed by atoms with van der Waals surface area (Å²) >= 11 is 5.94. The van der Waals surface area contributed by atoms with Gasteiger partial charge in [-0.1, -0.05) is 23.7 Å². The number of primary sulfonamides is 1. The Labute approximate surface area is 161 Å². The van der Waals surface area contributed by atoms with Crippen LogP contribution in [0.5, 0.6) is 5.75 Å². The number of halogens is 3. The van der Waals surface area contributed by atoms with Gasteiger partial charge in [0.1, 0.15) is 10.7 Å². The van der Waals surface area contributed by atoms with E-state index in [2.05, 4.69) is 5.32 Å². The Morgan fingerprint density at radius 3 is 2.56 bits per heavy atom. The molecule has 0 unspecified atom stereocenters. The molecule has 9 heteroatoms. The van der Waals surface area contributed by atoms with Gasteiger partial charge in [-0.2, -0.15) is 0 Å². The first-order chi connectivity index (χ1) is 12.8. The molecule has 0 aromatic heterocycles. The molecule has 2 atom stereocenters. The van der Waals surface area contributed by atoms with Gasteiger partial charge in [-0.15, -0.1) is 0 Å². The van der Waals surface area contributed by atoms with E-state index in [4.69, 9.17) is 21.5 Å². The van der Waals surface area contributed by atoms with Gasteiger partial charge in [0.25, 0.3) is 0 Å². The summed E-state index contributed by atoms with van der Waals surface area (Å²) in [6.07, 6.45) is 0.872. The number of rotatable bonds is 5. The zero-order valence-electron chi connectivity index (χ0n) is 14.3. The first-order valence-corrected chi connectivity index (χ1v) is 10.3. The van der Waals surface area contributed by atoms with E-state index in [-0.39, 0.29) is 24.2 Å². The second-order valence-electron chi connectivity index (χ2n) is 6.48. The van der Waals surface area contributed by atoms with Crippen LogP contribution in [0.3, 0.4) is 0 Å². The summed E-state index contributed by atoms with van der Waals surface area (Å²) in [5, 5.41) is 8.78. The maximum Gasteiger partial charge on any atom is 0.241 e. The highest BCUT2D eigenvalue weighted by molar-refractivity contribution is 7.89. The maximum atomic E-state index is 14.1. The van der Waals surface area contributed by atoms with E-state index in [0.29, 0.717) is 23.7 Å². The van der Waals surface area contributed by atoms with Crippen molar-refractivity contribution in [1.82, 2.24) is 5.32 Å². The molecule has 2 aromatic carbocycles. The van der Waals surface area contributed by atoms with Crippen LogP contribution in [0, 0.1) is 17.6 Å². The quantitative estimate of drug-likeness (QED) is 0.785. The Morgan fingerprint density at radius 1 is 1.19 bits per heavy atom. The van der Waals surface area contributed by atoms with E-state index >= 15 is 0 Å². The van der Waals surface area contributed by atoms with Crippen molar-refractivity contribution in [2.75, 3.05) is 19.7 Å². The van der Waals surface area contributed by atoms with Crippen LogP contribution in [-0.2, 0) is 10.0 Å². The molecular formula is C18H19ClF2N2O3S. The van der Waals surface area contributed by atoms with E-state index in [1.807, 2.05) is 24.3 Å². The molecule has 1 heterocycles. The van der Waals surface area contributed by atoms with Crippen molar-refractivity contribution in [1.29, 1.82) is 0 Å². The topological polar surface area (TPSA) is 81.4 Å². The number of hydrogen-bond donors (Lipinski definition) is 2. The molecule has 1 aliphatic heterocycles. The monoisotopic (exact) mass is 416 g/mol. The summed E-state index contributed by atoms with van der Waals surface area (Å²) in [6, 6.07) is 8.78. The summed E-state index contributed by atoms with van der Waals surface area (Å²) in [7, 11) is -4.35. The van der Waals surface area contributed by atoms with Crippen molar-refractivity contribution in [2.24, 2.45) is 11.1 Å². The van der Waals surface area contributed by atoms with Crippen LogP contribution in [0.15, 0.2) is 41.3 Å². The van der Waals surface area contributed by atoms with Crippen LogP contribution in [0.4, 0.5) is 8.78 Å². The second-order valence-corrected chi connectivity index (χ2v) is 8.45.